The van der Waals surface area contributed by atoms with Gasteiger partial charge in [-0.25, -0.2) is 4.79 Å². The summed E-state index contributed by atoms with van der Waals surface area (Å²) < 4.78 is 17.7. The van der Waals surface area contributed by atoms with Crippen LogP contribution in [-0.2, 0) is 18.4 Å². The molecule has 0 amide bonds. The van der Waals surface area contributed by atoms with Gasteiger partial charge in [-0.1, -0.05) is 26.2 Å². The Morgan fingerprint density at radius 2 is 1.52 bits per heavy atom. The summed E-state index contributed by atoms with van der Waals surface area (Å²) in [5, 5.41) is 10.5. The summed E-state index contributed by atoms with van der Waals surface area (Å²) in [7, 11) is -5.29. The maximum Gasteiger partial charge on any atom is 0.335 e. The number of hydrogen-bond donors (Lipinski definition) is 1. The molecule has 2 atom stereocenters. The predicted molar refractivity (Wildman–Crippen MR) is 106 cm³/mol. The molecule has 0 spiro atoms. The molecule has 0 saturated carbocycles. The molecule has 23 heavy (non-hydrogen) atoms. The Bertz CT molecular complexity index is 453. The average molecular weight is 395 g/mol. The van der Waals surface area contributed by atoms with E-state index in [4.69, 9.17) is 13.6 Å². The molecule has 0 aliphatic heterocycles. The molecule has 2 unspecified atom stereocenters. The zero-order valence-electron chi connectivity index (χ0n) is 16.4. The topological polar surface area (TPSA) is 65.0 Å². The lowest BCUT2D eigenvalue weighted by Gasteiger charge is -2.47. The van der Waals surface area contributed by atoms with Gasteiger partial charge < -0.3 is 18.7 Å². The lowest BCUT2D eigenvalue weighted by atomic mass is 10.4. The first kappa shape index (κ1) is 23.0. The Balaban J connectivity index is 5.58. The van der Waals surface area contributed by atoms with Crippen molar-refractivity contribution < 1.29 is 23.5 Å². The van der Waals surface area contributed by atoms with Gasteiger partial charge in [0.15, 0.2) is 21.6 Å². The zero-order chi connectivity index (χ0) is 18.9. The van der Waals surface area contributed by atoms with Crippen LogP contribution < -0.4 is 0 Å². The summed E-state index contributed by atoms with van der Waals surface area (Å²) in [4.78, 5) is 11.8. The van der Waals surface area contributed by atoms with Crippen molar-refractivity contribution in [3.05, 3.63) is 12.2 Å². The van der Waals surface area contributed by atoms with Crippen molar-refractivity contribution in [2.24, 2.45) is 0 Å². The lowest BCUT2D eigenvalue weighted by Crippen LogP contribution is -2.65. The zero-order valence-corrected chi connectivity index (χ0v) is 21.4. The van der Waals surface area contributed by atoms with Crippen molar-refractivity contribution in [3.8, 4) is 0 Å². The van der Waals surface area contributed by atoms with Gasteiger partial charge in [0, 0.05) is 5.57 Å². The molecule has 0 bridgehead atoms. The first-order valence-electron chi connectivity index (χ1n) is 7.86. The summed E-state index contributed by atoms with van der Waals surface area (Å²) in [5.74, 6) is -0.632. The molecule has 0 aromatic rings. The van der Waals surface area contributed by atoms with Crippen molar-refractivity contribution in [1.82, 2.24) is 0 Å². The quantitative estimate of drug-likeness (QED) is 0.295. The molecule has 9 heteroatoms. The molecule has 5 nitrogen and oxygen atoms in total. The van der Waals surface area contributed by atoms with E-state index in [1.807, 2.05) is 19.6 Å². The Kier molecular flexibility index (Phi) is 7.45. The van der Waals surface area contributed by atoms with Crippen LogP contribution in [0.4, 0.5) is 0 Å². The summed E-state index contributed by atoms with van der Waals surface area (Å²) in [6, 6.07) is 0. The van der Waals surface area contributed by atoms with E-state index in [-0.39, 0.29) is 5.57 Å². The van der Waals surface area contributed by atoms with E-state index in [9.17, 15) is 9.90 Å². The normalized spacial score (nSPS) is 17.5. The Hall–Kier alpha value is -0.0425. The molecule has 136 valence electrons. The van der Waals surface area contributed by atoms with E-state index in [0.717, 1.165) is 0 Å². The number of aliphatic hydroxyl groups excluding tert-OH is 1. The summed E-state index contributed by atoms with van der Waals surface area (Å²) in [6.45, 7) is 22.2. The van der Waals surface area contributed by atoms with Gasteiger partial charge in [-0.05, 0) is 39.7 Å². The van der Waals surface area contributed by atoms with Crippen molar-refractivity contribution in [2.75, 3.05) is 0 Å². The number of hydrogen-bond acceptors (Lipinski definition) is 5. The van der Waals surface area contributed by atoms with Crippen LogP contribution >= 0.6 is 0 Å². The number of aliphatic hydroxyl groups is 1. The highest BCUT2D eigenvalue weighted by Gasteiger charge is 2.50. The minimum absolute atomic E-state index is 0.239. The predicted octanol–water partition coefficient (Wildman–Crippen LogP) is 1.93. The van der Waals surface area contributed by atoms with Crippen LogP contribution in [0.15, 0.2) is 12.2 Å². The van der Waals surface area contributed by atoms with Crippen LogP contribution in [0, 0.1) is 0 Å². The first-order valence-corrected chi connectivity index (χ1v) is 19.7. The summed E-state index contributed by atoms with van der Waals surface area (Å²) in [5.41, 5.74) is -0.992. The number of ether oxygens (including phenoxy) is 1. The maximum atomic E-state index is 11.8. The van der Waals surface area contributed by atoms with Gasteiger partial charge in [0.05, 0.1) is 17.8 Å². The molecule has 0 aliphatic carbocycles. The largest absolute Gasteiger partial charge is 0.427 e. The molecule has 0 rings (SSSR count). The Morgan fingerprint density at radius 1 is 1.09 bits per heavy atom. The molecule has 0 aromatic heterocycles. The standard InChI is InChI=1S/C14H34O5Si4/c1-11(2)12(15)17-13(16)14(20,18-21(3,4)5)19-23(9,10)22(6,7)8/h13,16H,1H2,2-10,20H3. The van der Waals surface area contributed by atoms with Gasteiger partial charge in [-0.15, -0.1) is 0 Å². The van der Waals surface area contributed by atoms with Gasteiger partial charge >= 0.3 is 5.97 Å². The van der Waals surface area contributed by atoms with Crippen LogP contribution in [0.3, 0.4) is 0 Å². The van der Waals surface area contributed by atoms with E-state index in [2.05, 4.69) is 39.3 Å². The number of carbonyl (C=O) groups is 1. The smallest absolute Gasteiger partial charge is 0.335 e. The average Bonchev–Trinajstić information content (AvgIpc) is 2.23. The second kappa shape index (κ2) is 7.46. The van der Waals surface area contributed by atoms with Crippen LogP contribution in [-0.4, -0.2) is 56.8 Å². The molecule has 1 N–H and O–H groups in total. The fraction of sp³-hybridized carbons (Fsp3) is 0.786. The summed E-state index contributed by atoms with van der Waals surface area (Å²) >= 11 is 0. The van der Waals surface area contributed by atoms with E-state index in [0.29, 0.717) is 10.2 Å². The van der Waals surface area contributed by atoms with Gasteiger partial charge in [0.1, 0.15) is 0 Å². The number of rotatable bonds is 8. The third-order valence-electron chi connectivity index (χ3n) is 3.79. The SMILES string of the molecule is C=C(C)C(=O)OC(O)C([SiH3])(O[Si](C)(C)C)O[Si](C)(C)[Si](C)(C)C. The Morgan fingerprint density at radius 3 is 1.83 bits per heavy atom. The minimum Gasteiger partial charge on any atom is -0.427 e. The molecular formula is C14H34O5Si4. The van der Waals surface area contributed by atoms with Gasteiger partial charge in [0.2, 0.25) is 6.29 Å². The van der Waals surface area contributed by atoms with Gasteiger partial charge in [-0.3, -0.25) is 0 Å². The fourth-order valence-corrected chi connectivity index (χ4v) is 10.2. The van der Waals surface area contributed by atoms with Gasteiger partial charge in [0.25, 0.3) is 0 Å². The second-order valence-electron chi connectivity index (χ2n) is 8.63. The third-order valence-corrected chi connectivity index (χ3v) is 22.2. The van der Waals surface area contributed by atoms with Crippen molar-refractivity contribution >= 4 is 40.0 Å². The molecular weight excluding hydrogens is 360 g/mol. The highest BCUT2D eigenvalue weighted by Crippen LogP contribution is 2.30. The van der Waals surface area contributed by atoms with Crippen LogP contribution in [0.1, 0.15) is 6.92 Å². The van der Waals surface area contributed by atoms with Crippen LogP contribution in [0.5, 0.6) is 0 Å². The molecule has 0 heterocycles. The number of carbonyl (C=O) groups excluding carboxylic acids is 1. The highest BCUT2D eigenvalue weighted by molar-refractivity contribution is 7.37. The molecule has 0 aliphatic rings. The van der Waals surface area contributed by atoms with Crippen LogP contribution in [0.2, 0.25) is 52.4 Å². The van der Waals surface area contributed by atoms with E-state index in [1.165, 1.54) is 0 Å². The molecule has 0 fully saturated rings. The van der Waals surface area contributed by atoms with Crippen molar-refractivity contribution in [2.45, 2.75) is 71.0 Å². The van der Waals surface area contributed by atoms with Crippen molar-refractivity contribution in [1.29, 1.82) is 0 Å². The molecule has 0 saturated heterocycles. The van der Waals surface area contributed by atoms with Crippen LogP contribution in [0.25, 0.3) is 0 Å². The van der Waals surface area contributed by atoms with Crippen molar-refractivity contribution in [3.63, 3.8) is 0 Å². The van der Waals surface area contributed by atoms with Gasteiger partial charge in [-0.2, -0.15) is 0 Å². The third kappa shape index (κ3) is 7.16. The van der Waals surface area contributed by atoms with E-state index >= 15 is 0 Å². The Labute approximate surface area is 146 Å². The van der Waals surface area contributed by atoms with E-state index < -0.39 is 41.4 Å². The van der Waals surface area contributed by atoms with E-state index in [1.54, 1.807) is 6.92 Å². The first-order chi connectivity index (χ1) is 9.91. The molecule has 0 aromatic carbocycles. The minimum atomic E-state index is -2.08. The molecule has 0 radical (unpaired) electrons. The summed E-state index contributed by atoms with van der Waals surface area (Å²) in [6.07, 6.45) is -1.44. The monoisotopic (exact) mass is 394 g/mol. The lowest BCUT2D eigenvalue weighted by molar-refractivity contribution is -0.234. The number of esters is 1. The highest BCUT2D eigenvalue weighted by atomic mass is 29.3. The fourth-order valence-electron chi connectivity index (χ4n) is 1.70. The maximum absolute atomic E-state index is 11.8. The second-order valence-corrected chi connectivity index (χ2v) is 30.3.